The zero-order valence-corrected chi connectivity index (χ0v) is 11.9. The summed E-state index contributed by atoms with van der Waals surface area (Å²) in [4.78, 5) is 4.06. The minimum atomic E-state index is 0.235. The lowest BCUT2D eigenvalue weighted by Gasteiger charge is -2.14. The van der Waals surface area contributed by atoms with Crippen molar-refractivity contribution in [1.29, 1.82) is 0 Å². The van der Waals surface area contributed by atoms with Gasteiger partial charge >= 0.3 is 0 Å². The molecule has 0 spiro atoms. The zero-order chi connectivity index (χ0) is 13.0. The molecule has 0 saturated carbocycles. The molecule has 0 bridgehead atoms. The summed E-state index contributed by atoms with van der Waals surface area (Å²) in [6.07, 6.45) is 3.92. The number of ether oxygens (including phenoxy) is 1. The SMILES string of the molecule is S=C(NC[C@@H]1CCCO1)Nc1ncc(Cl)cc1Cl. The van der Waals surface area contributed by atoms with Crippen LogP contribution < -0.4 is 10.6 Å². The molecule has 2 N–H and O–H groups in total. The zero-order valence-electron chi connectivity index (χ0n) is 9.58. The topological polar surface area (TPSA) is 46.2 Å². The molecule has 1 aromatic rings. The van der Waals surface area contributed by atoms with Crippen molar-refractivity contribution >= 4 is 46.4 Å². The largest absolute Gasteiger partial charge is 0.376 e. The van der Waals surface area contributed by atoms with Gasteiger partial charge in [-0.05, 0) is 31.1 Å². The summed E-state index contributed by atoms with van der Waals surface area (Å²) in [6, 6.07) is 1.61. The summed E-state index contributed by atoms with van der Waals surface area (Å²) in [5.41, 5.74) is 0. The molecule has 1 fully saturated rings. The fourth-order valence-electron chi connectivity index (χ4n) is 1.67. The number of nitrogens with zero attached hydrogens (tertiary/aromatic N) is 1. The second-order valence-electron chi connectivity index (χ2n) is 3.95. The number of pyridine rings is 1. The van der Waals surface area contributed by atoms with Gasteiger partial charge in [0.15, 0.2) is 10.9 Å². The number of nitrogens with one attached hydrogen (secondary N) is 2. The standard InChI is InChI=1S/C11H13Cl2N3OS/c12-7-4-9(13)10(14-5-7)16-11(18)15-6-8-2-1-3-17-8/h4-5,8H,1-3,6H2,(H2,14,15,16,18)/t8-/m0/s1. The van der Waals surface area contributed by atoms with Crippen LogP contribution in [0, 0.1) is 0 Å². The number of hydrogen-bond donors (Lipinski definition) is 2. The van der Waals surface area contributed by atoms with E-state index in [-0.39, 0.29) is 6.10 Å². The first kappa shape index (κ1) is 13.8. The average molecular weight is 306 g/mol. The number of anilines is 1. The van der Waals surface area contributed by atoms with Gasteiger partial charge in [-0.3, -0.25) is 0 Å². The summed E-state index contributed by atoms with van der Waals surface area (Å²) in [5.74, 6) is 0.492. The molecular weight excluding hydrogens is 293 g/mol. The summed E-state index contributed by atoms with van der Waals surface area (Å²) >= 11 is 16.9. The van der Waals surface area contributed by atoms with Gasteiger partial charge < -0.3 is 15.4 Å². The molecule has 7 heteroatoms. The van der Waals surface area contributed by atoms with Crippen molar-refractivity contribution in [1.82, 2.24) is 10.3 Å². The highest BCUT2D eigenvalue weighted by Gasteiger charge is 2.15. The molecule has 1 aromatic heterocycles. The Hall–Kier alpha value is -0.620. The Morgan fingerprint density at radius 3 is 3.06 bits per heavy atom. The minimum absolute atomic E-state index is 0.235. The van der Waals surface area contributed by atoms with E-state index in [2.05, 4.69) is 15.6 Å². The van der Waals surface area contributed by atoms with E-state index in [1.807, 2.05) is 0 Å². The molecule has 0 amide bonds. The van der Waals surface area contributed by atoms with Gasteiger partial charge in [0, 0.05) is 19.3 Å². The van der Waals surface area contributed by atoms with Crippen molar-refractivity contribution in [3.05, 3.63) is 22.3 Å². The number of halogens is 2. The van der Waals surface area contributed by atoms with Gasteiger partial charge in [-0.1, -0.05) is 23.2 Å². The fourth-order valence-corrected chi connectivity index (χ4v) is 2.28. The van der Waals surface area contributed by atoms with Gasteiger partial charge in [0.2, 0.25) is 0 Å². The molecule has 18 heavy (non-hydrogen) atoms. The lowest BCUT2D eigenvalue weighted by atomic mass is 10.2. The van der Waals surface area contributed by atoms with Crippen molar-refractivity contribution in [3.8, 4) is 0 Å². The van der Waals surface area contributed by atoms with Crippen LogP contribution in [0.15, 0.2) is 12.3 Å². The fraction of sp³-hybridized carbons (Fsp3) is 0.455. The van der Waals surface area contributed by atoms with Gasteiger partial charge in [-0.25, -0.2) is 4.98 Å². The van der Waals surface area contributed by atoms with Crippen molar-refractivity contribution < 1.29 is 4.74 Å². The van der Waals surface area contributed by atoms with Crippen LogP contribution >= 0.6 is 35.4 Å². The lowest BCUT2D eigenvalue weighted by molar-refractivity contribution is 0.114. The van der Waals surface area contributed by atoms with Gasteiger partial charge in [0.25, 0.3) is 0 Å². The monoisotopic (exact) mass is 305 g/mol. The van der Waals surface area contributed by atoms with Crippen LogP contribution in [0.2, 0.25) is 10.0 Å². The van der Waals surface area contributed by atoms with Gasteiger partial charge in [0.1, 0.15) is 0 Å². The third-order valence-electron chi connectivity index (χ3n) is 2.55. The number of thiocarbonyl (C=S) groups is 1. The van der Waals surface area contributed by atoms with Crippen molar-refractivity contribution in [2.24, 2.45) is 0 Å². The highest BCUT2D eigenvalue weighted by molar-refractivity contribution is 7.80. The summed E-state index contributed by atoms with van der Waals surface area (Å²) in [7, 11) is 0. The Balaban J connectivity index is 1.82. The second-order valence-corrected chi connectivity index (χ2v) is 5.21. The predicted molar refractivity (Wildman–Crippen MR) is 77.5 cm³/mol. The molecule has 2 rings (SSSR count). The quantitative estimate of drug-likeness (QED) is 0.841. The Morgan fingerprint density at radius 1 is 1.56 bits per heavy atom. The van der Waals surface area contributed by atoms with Crippen LogP contribution in [0.25, 0.3) is 0 Å². The summed E-state index contributed by atoms with van der Waals surface area (Å²) in [5, 5.41) is 7.40. The molecule has 1 atom stereocenters. The van der Waals surface area contributed by atoms with Crippen molar-refractivity contribution in [2.45, 2.75) is 18.9 Å². The first-order chi connectivity index (χ1) is 8.65. The first-order valence-electron chi connectivity index (χ1n) is 5.62. The Labute approximate surface area is 121 Å². The van der Waals surface area contributed by atoms with E-state index < -0.39 is 0 Å². The maximum absolute atomic E-state index is 5.98. The molecule has 2 heterocycles. The van der Waals surface area contributed by atoms with Crippen molar-refractivity contribution in [2.75, 3.05) is 18.5 Å². The Bertz CT molecular complexity index is 438. The molecule has 1 saturated heterocycles. The molecule has 0 aliphatic carbocycles. The van der Waals surface area contributed by atoms with Gasteiger partial charge in [-0.15, -0.1) is 0 Å². The summed E-state index contributed by atoms with van der Waals surface area (Å²) < 4.78 is 5.48. The first-order valence-corrected chi connectivity index (χ1v) is 6.79. The van der Waals surface area contributed by atoms with E-state index in [0.29, 0.717) is 27.5 Å². The van der Waals surface area contributed by atoms with Crippen molar-refractivity contribution in [3.63, 3.8) is 0 Å². The van der Waals surface area contributed by atoms with Crippen LogP contribution in [0.5, 0.6) is 0 Å². The number of aromatic nitrogens is 1. The number of rotatable bonds is 3. The van der Waals surface area contributed by atoms with E-state index in [4.69, 9.17) is 40.2 Å². The summed E-state index contributed by atoms with van der Waals surface area (Å²) in [6.45, 7) is 1.52. The Morgan fingerprint density at radius 2 is 2.39 bits per heavy atom. The molecular formula is C11H13Cl2N3OS. The van der Waals surface area contributed by atoms with E-state index >= 15 is 0 Å². The smallest absolute Gasteiger partial charge is 0.172 e. The average Bonchev–Trinajstić information content (AvgIpc) is 2.83. The van der Waals surface area contributed by atoms with Crippen LogP contribution in [0.3, 0.4) is 0 Å². The van der Waals surface area contributed by atoms with Gasteiger partial charge in [0.05, 0.1) is 16.1 Å². The third-order valence-corrected chi connectivity index (χ3v) is 3.30. The van der Waals surface area contributed by atoms with E-state index in [0.717, 1.165) is 19.4 Å². The predicted octanol–water partition coefficient (Wildman–Crippen LogP) is 2.85. The van der Waals surface area contributed by atoms with Crippen LogP contribution in [-0.2, 0) is 4.74 Å². The lowest BCUT2D eigenvalue weighted by Crippen LogP contribution is -2.35. The Kier molecular flexibility index (Phi) is 5.00. The molecule has 4 nitrogen and oxygen atoms in total. The van der Waals surface area contributed by atoms with Crippen LogP contribution in [-0.4, -0.2) is 29.4 Å². The maximum atomic E-state index is 5.98. The normalized spacial score (nSPS) is 18.7. The molecule has 98 valence electrons. The molecule has 0 aromatic carbocycles. The number of hydrogen-bond acceptors (Lipinski definition) is 3. The van der Waals surface area contributed by atoms with Crippen LogP contribution in [0.4, 0.5) is 5.82 Å². The molecule has 1 aliphatic heterocycles. The highest BCUT2D eigenvalue weighted by Crippen LogP contribution is 2.22. The minimum Gasteiger partial charge on any atom is -0.376 e. The highest BCUT2D eigenvalue weighted by atomic mass is 35.5. The maximum Gasteiger partial charge on any atom is 0.172 e. The van der Waals surface area contributed by atoms with E-state index in [1.165, 1.54) is 6.20 Å². The van der Waals surface area contributed by atoms with Gasteiger partial charge in [-0.2, -0.15) is 0 Å². The third kappa shape index (κ3) is 3.95. The molecule has 1 aliphatic rings. The van der Waals surface area contributed by atoms with E-state index in [1.54, 1.807) is 6.07 Å². The molecule has 0 radical (unpaired) electrons. The molecule has 0 unspecified atom stereocenters. The van der Waals surface area contributed by atoms with E-state index in [9.17, 15) is 0 Å². The second kappa shape index (κ2) is 6.52. The van der Waals surface area contributed by atoms with Crippen LogP contribution in [0.1, 0.15) is 12.8 Å².